The van der Waals surface area contributed by atoms with E-state index in [0.29, 0.717) is 12.1 Å². The summed E-state index contributed by atoms with van der Waals surface area (Å²) in [7, 11) is 1.75. The van der Waals surface area contributed by atoms with Crippen LogP contribution in [-0.4, -0.2) is 13.2 Å². The number of hydrogen-bond donors (Lipinski definition) is 1. The Hall–Kier alpha value is -1.02. The number of para-hydroxylation sites is 1. The number of methoxy groups -OCH3 is 1. The average Bonchev–Trinajstić information content (AvgIpc) is 2.46. The molecule has 2 rings (SSSR count). The van der Waals surface area contributed by atoms with Gasteiger partial charge in [0.05, 0.1) is 7.11 Å². The number of hydrogen-bond acceptors (Lipinski definition) is 2. The Morgan fingerprint density at radius 1 is 1.19 bits per heavy atom. The predicted molar refractivity (Wildman–Crippen MR) is 89.7 cm³/mol. The van der Waals surface area contributed by atoms with Crippen LogP contribution in [0.3, 0.4) is 0 Å². The monoisotopic (exact) mass is 289 g/mol. The van der Waals surface area contributed by atoms with Crippen LogP contribution in [-0.2, 0) is 0 Å². The van der Waals surface area contributed by atoms with E-state index < -0.39 is 0 Å². The maximum atomic E-state index is 5.49. The smallest absolute Gasteiger partial charge is 0.123 e. The number of nitrogens with one attached hydrogen (secondary N) is 1. The van der Waals surface area contributed by atoms with Crippen LogP contribution in [0.15, 0.2) is 24.3 Å². The Kier molecular flexibility index (Phi) is 6.10. The van der Waals surface area contributed by atoms with Crippen LogP contribution >= 0.6 is 0 Å². The molecule has 0 amide bonds. The average molecular weight is 289 g/mol. The van der Waals surface area contributed by atoms with Gasteiger partial charge in [0.25, 0.3) is 0 Å². The van der Waals surface area contributed by atoms with Crippen molar-refractivity contribution < 1.29 is 4.74 Å². The molecule has 118 valence electrons. The third kappa shape index (κ3) is 4.74. The van der Waals surface area contributed by atoms with Crippen LogP contribution in [0, 0.1) is 11.8 Å². The van der Waals surface area contributed by atoms with Crippen molar-refractivity contribution >= 4 is 0 Å². The minimum Gasteiger partial charge on any atom is -0.496 e. The zero-order chi connectivity index (χ0) is 15.2. The maximum absolute atomic E-state index is 5.49. The highest BCUT2D eigenvalue weighted by Gasteiger charge is 2.24. The Morgan fingerprint density at radius 3 is 2.67 bits per heavy atom. The van der Waals surface area contributed by atoms with Crippen molar-refractivity contribution in [2.45, 2.75) is 65.0 Å². The zero-order valence-electron chi connectivity index (χ0n) is 14.1. The molecular weight excluding hydrogens is 258 g/mol. The van der Waals surface area contributed by atoms with Gasteiger partial charge in [0, 0.05) is 17.6 Å². The molecule has 21 heavy (non-hydrogen) atoms. The first-order valence-electron chi connectivity index (χ1n) is 8.49. The second kappa shape index (κ2) is 7.84. The molecule has 1 aromatic carbocycles. The van der Waals surface area contributed by atoms with Gasteiger partial charge in [-0.25, -0.2) is 0 Å². The highest BCUT2D eigenvalue weighted by molar-refractivity contribution is 5.35. The molecule has 2 heteroatoms. The molecule has 1 aliphatic rings. The molecule has 3 atom stereocenters. The van der Waals surface area contributed by atoms with Crippen LogP contribution in [0.25, 0.3) is 0 Å². The lowest BCUT2D eigenvalue weighted by molar-refractivity contribution is 0.241. The van der Waals surface area contributed by atoms with Crippen molar-refractivity contribution in [2.24, 2.45) is 11.8 Å². The summed E-state index contributed by atoms with van der Waals surface area (Å²) >= 11 is 0. The lowest BCUT2D eigenvalue weighted by Gasteiger charge is -2.33. The van der Waals surface area contributed by atoms with Gasteiger partial charge in [-0.1, -0.05) is 44.9 Å². The summed E-state index contributed by atoms with van der Waals surface area (Å²) in [6, 6.07) is 9.36. The van der Waals surface area contributed by atoms with Crippen molar-refractivity contribution in [3.63, 3.8) is 0 Å². The minimum absolute atomic E-state index is 0.351. The normalized spacial score (nSPS) is 24.0. The second-order valence-corrected chi connectivity index (χ2v) is 6.99. The van der Waals surface area contributed by atoms with Gasteiger partial charge < -0.3 is 10.1 Å². The molecule has 1 fully saturated rings. The van der Waals surface area contributed by atoms with E-state index in [0.717, 1.165) is 17.6 Å². The van der Waals surface area contributed by atoms with Crippen LogP contribution < -0.4 is 10.1 Å². The number of rotatable bonds is 6. The van der Waals surface area contributed by atoms with Gasteiger partial charge in [-0.15, -0.1) is 0 Å². The third-order valence-corrected chi connectivity index (χ3v) is 4.68. The van der Waals surface area contributed by atoms with Crippen molar-refractivity contribution in [2.75, 3.05) is 7.11 Å². The van der Waals surface area contributed by atoms with Crippen LogP contribution in [0.2, 0.25) is 0 Å². The minimum atomic E-state index is 0.351. The van der Waals surface area contributed by atoms with Crippen LogP contribution in [0.4, 0.5) is 0 Å². The molecule has 1 aliphatic carbocycles. The van der Waals surface area contributed by atoms with Crippen molar-refractivity contribution in [1.29, 1.82) is 0 Å². The molecule has 1 aromatic rings. The van der Waals surface area contributed by atoms with E-state index in [1.165, 1.54) is 37.7 Å². The Balaban J connectivity index is 1.94. The zero-order valence-corrected chi connectivity index (χ0v) is 14.1. The summed E-state index contributed by atoms with van der Waals surface area (Å²) in [5.41, 5.74) is 1.27. The molecule has 0 spiro atoms. The summed E-state index contributed by atoms with van der Waals surface area (Å²) < 4.78 is 5.49. The van der Waals surface area contributed by atoms with Crippen molar-refractivity contribution in [1.82, 2.24) is 5.32 Å². The molecule has 0 bridgehead atoms. The lowest BCUT2D eigenvalue weighted by atomic mass is 9.81. The Bertz CT molecular complexity index is 429. The van der Waals surface area contributed by atoms with Gasteiger partial charge in [-0.05, 0) is 44.1 Å². The van der Waals surface area contributed by atoms with E-state index in [-0.39, 0.29) is 0 Å². The first-order chi connectivity index (χ1) is 10.1. The maximum Gasteiger partial charge on any atom is 0.123 e. The molecule has 1 N–H and O–H groups in total. The summed E-state index contributed by atoms with van der Waals surface area (Å²) in [5.74, 6) is 2.72. The number of benzene rings is 1. The first kappa shape index (κ1) is 16.4. The molecule has 0 saturated heterocycles. The standard InChI is InChI=1S/C19H31NO/c1-14(2)12-16-8-7-9-17(13-16)20-15(3)18-10-5-6-11-19(18)21-4/h5-6,10-11,14-17,20H,7-9,12-13H2,1-4H3/t15-,16?,17?/m1/s1. The highest BCUT2D eigenvalue weighted by atomic mass is 16.5. The molecule has 1 saturated carbocycles. The molecule has 2 unspecified atom stereocenters. The van der Waals surface area contributed by atoms with Crippen LogP contribution in [0.5, 0.6) is 5.75 Å². The fraction of sp³-hybridized carbons (Fsp3) is 0.684. The van der Waals surface area contributed by atoms with E-state index in [9.17, 15) is 0 Å². The largest absolute Gasteiger partial charge is 0.496 e. The second-order valence-electron chi connectivity index (χ2n) is 6.99. The Labute approximate surface area is 130 Å². The van der Waals surface area contributed by atoms with E-state index in [1.54, 1.807) is 7.11 Å². The predicted octanol–water partition coefficient (Wildman–Crippen LogP) is 4.95. The van der Waals surface area contributed by atoms with E-state index >= 15 is 0 Å². The first-order valence-corrected chi connectivity index (χ1v) is 8.49. The summed E-state index contributed by atoms with van der Waals surface area (Å²) in [6.45, 7) is 6.94. The van der Waals surface area contributed by atoms with Gasteiger partial charge in [-0.3, -0.25) is 0 Å². The van der Waals surface area contributed by atoms with E-state index in [2.05, 4.69) is 44.3 Å². The summed E-state index contributed by atoms with van der Waals surface area (Å²) in [5, 5.41) is 3.83. The lowest BCUT2D eigenvalue weighted by Crippen LogP contribution is -2.36. The molecule has 0 aliphatic heterocycles. The molecular formula is C19H31NO. The molecule has 2 nitrogen and oxygen atoms in total. The van der Waals surface area contributed by atoms with Gasteiger partial charge >= 0.3 is 0 Å². The van der Waals surface area contributed by atoms with Gasteiger partial charge in [0.1, 0.15) is 5.75 Å². The van der Waals surface area contributed by atoms with Crippen LogP contribution in [0.1, 0.15) is 64.5 Å². The SMILES string of the molecule is COc1ccccc1[C@@H](C)NC1CCCC(CC(C)C)C1. The summed E-state index contributed by atoms with van der Waals surface area (Å²) in [6.07, 6.45) is 6.81. The molecule has 0 aromatic heterocycles. The Morgan fingerprint density at radius 2 is 1.95 bits per heavy atom. The molecule has 0 radical (unpaired) electrons. The fourth-order valence-electron chi connectivity index (χ4n) is 3.79. The van der Waals surface area contributed by atoms with Gasteiger partial charge in [0.15, 0.2) is 0 Å². The quantitative estimate of drug-likeness (QED) is 0.800. The highest BCUT2D eigenvalue weighted by Crippen LogP contribution is 2.32. The topological polar surface area (TPSA) is 21.3 Å². The molecule has 0 heterocycles. The third-order valence-electron chi connectivity index (χ3n) is 4.68. The van der Waals surface area contributed by atoms with Gasteiger partial charge in [0.2, 0.25) is 0 Å². The van der Waals surface area contributed by atoms with Crippen molar-refractivity contribution in [3.8, 4) is 5.75 Å². The van der Waals surface area contributed by atoms with Gasteiger partial charge in [-0.2, -0.15) is 0 Å². The van der Waals surface area contributed by atoms with E-state index in [1.807, 2.05) is 6.07 Å². The summed E-state index contributed by atoms with van der Waals surface area (Å²) in [4.78, 5) is 0. The number of ether oxygens (including phenoxy) is 1. The fourth-order valence-corrected chi connectivity index (χ4v) is 3.79. The van der Waals surface area contributed by atoms with Crippen molar-refractivity contribution in [3.05, 3.63) is 29.8 Å². The van der Waals surface area contributed by atoms with E-state index in [4.69, 9.17) is 4.74 Å².